The second-order valence-electron chi connectivity index (χ2n) is 3.63. The first-order valence-electron chi connectivity index (χ1n) is 5.28. The molecule has 1 rings (SSSR count). The van der Waals surface area contributed by atoms with Crippen molar-refractivity contribution in [3.05, 3.63) is 29.8 Å². The molecule has 0 bridgehead atoms. The summed E-state index contributed by atoms with van der Waals surface area (Å²) < 4.78 is 0. The van der Waals surface area contributed by atoms with E-state index in [0.717, 1.165) is 17.8 Å². The van der Waals surface area contributed by atoms with Crippen LogP contribution in [0.4, 0.5) is 5.69 Å². The van der Waals surface area contributed by atoms with Gasteiger partial charge in [0.25, 0.3) is 0 Å². The Hall–Kier alpha value is -1.42. The molecule has 0 saturated heterocycles. The summed E-state index contributed by atoms with van der Waals surface area (Å²) in [5.41, 5.74) is 6.02. The number of nitrogens with zero attached hydrogens (tertiary/aromatic N) is 1. The molecule has 86 valence electrons. The predicted molar refractivity (Wildman–Crippen MR) is 73.9 cm³/mol. The number of aryl methyl sites for hydroxylation is 1. The van der Waals surface area contributed by atoms with Crippen LogP contribution in [-0.4, -0.2) is 10.8 Å². The maximum Gasteiger partial charge on any atom is 0.191 e. The first kappa shape index (κ1) is 12.6. The molecule has 0 atom stereocenters. The van der Waals surface area contributed by atoms with E-state index in [2.05, 4.69) is 29.7 Å². The highest BCUT2D eigenvalue weighted by Gasteiger charge is 1.95. The average molecular weight is 235 g/mol. The third-order valence-corrected chi connectivity index (χ3v) is 2.36. The molecule has 2 N–H and O–H groups in total. The van der Waals surface area contributed by atoms with Crippen molar-refractivity contribution < 1.29 is 0 Å². The quantitative estimate of drug-likeness (QED) is 0.480. The molecule has 3 nitrogen and oxygen atoms in total. The highest BCUT2D eigenvalue weighted by Crippen LogP contribution is 2.07. The van der Waals surface area contributed by atoms with Crippen molar-refractivity contribution in [1.29, 1.82) is 0 Å². The first-order valence-corrected chi connectivity index (χ1v) is 5.69. The van der Waals surface area contributed by atoms with E-state index >= 15 is 0 Å². The van der Waals surface area contributed by atoms with Gasteiger partial charge in [-0.25, -0.2) is 0 Å². The monoisotopic (exact) mass is 235 g/mol. The van der Waals surface area contributed by atoms with Crippen molar-refractivity contribution in [2.75, 3.05) is 5.32 Å². The summed E-state index contributed by atoms with van der Waals surface area (Å²) in [6.45, 7) is 6.06. The molecule has 4 heteroatoms. The Morgan fingerprint density at radius 3 is 2.50 bits per heavy atom. The van der Waals surface area contributed by atoms with Gasteiger partial charge in [-0.15, -0.1) is 0 Å². The lowest BCUT2D eigenvalue weighted by Crippen LogP contribution is -2.24. The van der Waals surface area contributed by atoms with Gasteiger partial charge in [-0.2, -0.15) is 5.10 Å². The second-order valence-corrected chi connectivity index (χ2v) is 4.04. The second kappa shape index (κ2) is 6.23. The Morgan fingerprint density at radius 1 is 1.31 bits per heavy atom. The van der Waals surface area contributed by atoms with E-state index in [1.54, 1.807) is 0 Å². The smallest absolute Gasteiger partial charge is 0.191 e. The molecule has 0 heterocycles. The standard InChI is InChI=1S/C12H17N3S/c1-4-10(3)14-15-12(16)13-11-7-5-9(2)6-8-11/h5-8H,4H2,1-3H3,(H2,13,15,16)/b14-10-. The van der Waals surface area contributed by atoms with Crippen molar-refractivity contribution in [2.45, 2.75) is 27.2 Å². The number of thiocarbonyl (C=S) groups is 1. The van der Waals surface area contributed by atoms with E-state index < -0.39 is 0 Å². The van der Waals surface area contributed by atoms with Crippen LogP contribution in [0.25, 0.3) is 0 Å². The van der Waals surface area contributed by atoms with Crippen LogP contribution in [0.15, 0.2) is 29.4 Å². The fourth-order valence-electron chi connectivity index (χ4n) is 1.02. The van der Waals surface area contributed by atoms with Crippen LogP contribution in [0.1, 0.15) is 25.8 Å². The van der Waals surface area contributed by atoms with Crippen molar-refractivity contribution in [3.8, 4) is 0 Å². The zero-order valence-electron chi connectivity index (χ0n) is 9.87. The number of benzene rings is 1. The van der Waals surface area contributed by atoms with Crippen LogP contribution in [0.3, 0.4) is 0 Å². The third kappa shape index (κ3) is 4.40. The fourth-order valence-corrected chi connectivity index (χ4v) is 1.18. The zero-order valence-corrected chi connectivity index (χ0v) is 10.7. The summed E-state index contributed by atoms with van der Waals surface area (Å²) >= 11 is 5.11. The Labute approximate surface area is 102 Å². The number of nitrogens with one attached hydrogen (secondary N) is 2. The topological polar surface area (TPSA) is 36.4 Å². The van der Waals surface area contributed by atoms with Crippen molar-refractivity contribution in [1.82, 2.24) is 5.43 Å². The fraction of sp³-hybridized carbons (Fsp3) is 0.333. The van der Waals surface area contributed by atoms with Gasteiger partial charge in [-0.3, -0.25) is 5.43 Å². The van der Waals surface area contributed by atoms with E-state index in [0.29, 0.717) is 5.11 Å². The Morgan fingerprint density at radius 2 is 1.94 bits per heavy atom. The van der Waals surface area contributed by atoms with Crippen LogP contribution >= 0.6 is 12.2 Å². The van der Waals surface area contributed by atoms with E-state index in [4.69, 9.17) is 12.2 Å². The van der Waals surface area contributed by atoms with Crippen molar-refractivity contribution in [2.24, 2.45) is 5.10 Å². The van der Waals surface area contributed by atoms with Gasteiger partial charge in [0.2, 0.25) is 0 Å². The summed E-state index contributed by atoms with van der Waals surface area (Å²) in [5.74, 6) is 0. The summed E-state index contributed by atoms with van der Waals surface area (Å²) in [5, 5.41) is 7.69. The van der Waals surface area contributed by atoms with Gasteiger partial charge in [0.05, 0.1) is 0 Å². The van der Waals surface area contributed by atoms with Gasteiger partial charge in [0.15, 0.2) is 5.11 Å². The molecule has 0 aliphatic rings. The molecule has 0 amide bonds. The van der Waals surface area contributed by atoms with Gasteiger partial charge in [0.1, 0.15) is 0 Å². The normalized spacial score (nSPS) is 11.1. The molecule has 0 radical (unpaired) electrons. The number of rotatable bonds is 3. The maximum absolute atomic E-state index is 5.11. The number of anilines is 1. The lowest BCUT2D eigenvalue weighted by molar-refractivity contribution is 1.02. The molecule has 0 saturated carbocycles. The summed E-state index contributed by atoms with van der Waals surface area (Å²) in [4.78, 5) is 0. The van der Waals surface area contributed by atoms with Crippen molar-refractivity contribution in [3.63, 3.8) is 0 Å². The highest BCUT2D eigenvalue weighted by atomic mass is 32.1. The van der Waals surface area contributed by atoms with Gasteiger partial charge in [0, 0.05) is 11.4 Å². The molecular weight excluding hydrogens is 218 g/mol. The minimum atomic E-state index is 0.511. The van der Waals surface area contributed by atoms with Crippen molar-refractivity contribution >= 4 is 28.7 Å². The van der Waals surface area contributed by atoms with E-state index in [9.17, 15) is 0 Å². The van der Waals surface area contributed by atoms with E-state index in [-0.39, 0.29) is 0 Å². The van der Waals surface area contributed by atoms with Crippen LogP contribution in [0, 0.1) is 6.92 Å². The molecule has 0 aliphatic carbocycles. The lowest BCUT2D eigenvalue weighted by Gasteiger charge is -2.07. The molecule has 0 aliphatic heterocycles. The van der Waals surface area contributed by atoms with Crippen LogP contribution in [0.5, 0.6) is 0 Å². The number of hydrogen-bond acceptors (Lipinski definition) is 2. The average Bonchev–Trinajstić information content (AvgIpc) is 2.29. The molecule has 1 aromatic rings. The van der Waals surface area contributed by atoms with Gasteiger partial charge >= 0.3 is 0 Å². The molecule has 1 aromatic carbocycles. The predicted octanol–water partition coefficient (Wildman–Crippen LogP) is 3.07. The number of hydrazone groups is 1. The van der Waals surface area contributed by atoms with Crippen LogP contribution < -0.4 is 10.7 Å². The van der Waals surface area contributed by atoms with Gasteiger partial charge < -0.3 is 5.32 Å². The molecule has 0 fully saturated rings. The SMILES string of the molecule is CC/C(C)=N\NC(=S)Nc1ccc(C)cc1. The minimum Gasteiger partial charge on any atom is -0.331 e. The minimum absolute atomic E-state index is 0.511. The molecule has 0 aromatic heterocycles. The zero-order chi connectivity index (χ0) is 12.0. The van der Waals surface area contributed by atoms with E-state index in [1.165, 1.54) is 5.56 Å². The molecular formula is C12H17N3S. The summed E-state index contributed by atoms with van der Waals surface area (Å²) in [6, 6.07) is 8.04. The highest BCUT2D eigenvalue weighted by molar-refractivity contribution is 7.80. The van der Waals surface area contributed by atoms with Crippen LogP contribution in [0.2, 0.25) is 0 Å². The van der Waals surface area contributed by atoms with E-state index in [1.807, 2.05) is 31.2 Å². The van der Waals surface area contributed by atoms with Gasteiger partial charge in [-0.05, 0) is 44.6 Å². The Kier molecular flexibility index (Phi) is 4.92. The first-order chi connectivity index (χ1) is 7.61. The third-order valence-electron chi connectivity index (χ3n) is 2.17. The van der Waals surface area contributed by atoms with Gasteiger partial charge in [-0.1, -0.05) is 24.6 Å². The molecule has 0 spiro atoms. The van der Waals surface area contributed by atoms with Crippen LogP contribution in [-0.2, 0) is 0 Å². The number of hydrogen-bond donors (Lipinski definition) is 2. The largest absolute Gasteiger partial charge is 0.331 e. The lowest BCUT2D eigenvalue weighted by atomic mass is 10.2. The Balaban J connectivity index is 2.49. The Bertz CT molecular complexity index is 382. The summed E-state index contributed by atoms with van der Waals surface area (Å²) in [6.07, 6.45) is 0.917. The molecule has 0 unspecified atom stereocenters. The summed E-state index contributed by atoms with van der Waals surface area (Å²) in [7, 11) is 0. The molecule has 16 heavy (non-hydrogen) atoms. The maximum atomic E-state index is 5.11.